The number of carbonyl (C=O) groups excluding carboxylic acids is 2. The van der Waals surface area contributed by atoms with E-state index in [2.05, 4.69) is 5.32 Å². The molecule has 2 aromatic carbocycles. The molecule has 2 amide bonds. The topological polar surface area (TPSA) is 75.4 Å². The Hall–Kier alpha value is -2.40. The summed E-state index contributed by atoms with van der Waals surface area (Å²) in [6.07, 6.45) is 2.56. The summed E-state index contributed by atoms with van der Waals surface area (Å²) in [6, 6.07) is 13.8. The predicted octanol–water partition coefficient (Wildman–Crippen LogP) is 2.16. The maximum atomic E-state index is 12.4. The van der Waals surface area contributed by atoms with Crippen molar-refractivity contribution in [3.63, 3.8) is 0 Å². The van der Waals surface area contributed by atoms with Gasteiger partial charge in [0, 0.05) is 37.7 Å². The summed E-state index contributed by atoms with van der Waals surface area (Å²) >= 11 is 0. The van der Waals surface area contributed by atoms with Gasteiger partial charge in [0.05, 0.1) is 0 Å². The number of rotatable bonds is 4. The third kappa shape index (κ3) is 3.31. The largest absolute Gasteiger partial charge is 0.352 e. The van der Waals surface area contributed by atoms with Gasteiger partial charge in [0.2, 0.25) is 5.91 Å². The molecule has 0 spiro atoms. The third-order valence-corrected chi connectivity index (χ3v) is 5.90. The van der Waals surface area contributed by atoms with Crippen molar-refractivity contribution in [1.29, 1.82) is 0 Å². The second kappa shape index (κ2) is 7.08. The highest BCUT2D eigenvalue weighted by Gasteiger charge is 2.42. The van der Waals surface area contributed by atoms with E-state index in [1.165, 1.54) is 0 Å². The number of fused-ring (bicyclic) bond motifs is 2. The number of carbonyl (C=O) groups is 2. The van der Waals surface area contributed by atoms with Crippen LogP contribution in [0.3, 0.4) is 0 Å². The number of amides is 2. The van der Waals surface area contributed by atoms with Crippen LogP contribution in [0.5, 0.6) is 0 Å². The van der Waals surface area contributed by atoms with Crippen molar-refractivity contribution in [3.05, 3.63) is 48.0 Å². The van der Waals surface area contributed by atoms with Crippen molar-refractivity contribution in [2.24, 2.45) is 17.6 Å². The van der Waals surface area contributed by atoms with Crippen molar-refractivity contribution in [1.82, 2.24) is 10.2 Å². The molecule has 1 saturated carbocycles. The second-order valence-corrected chi connectivity index (χ2v) is 7.53. The Labute approximate surface area is 153 Å². The standard InChI is InChI=1S/C21H25N3O2/c22-19-8-7-17-12-24(13-18(17)19)20(25)9-10-23-21(26)16-6-5-14-3-1-2-4-15(14)11-16/h1-6,11,17-19H,7-10,12-13,22H2,(H,23,26). The molecule has 2 aromatic rings. The van der Waals surface area contributed by atoms with E-state index in [1.807, 2.05) is 47.4 Å². The highest BCUT2D eigenvalue weighted by molar-refractivity contribution is 5.98. The minimum Gasteiger partial charge on any atom is -0.352 e. The third-order valence-electron chi connectivity index (χ3n) is 5.90. The molecule has 4 rings (SSSR count). The van der Waals surface area contributed by atoms with Gasteiger partial charge < -0.3 is 16.0 Å². The molecule has 1 saturated heterocycles. The Bertz CT molecular complexity index is 835. The minimum absolute atomic E-state index is 0.116. The average Bonchev–Trinajstić information content (AvgIpc) is 3.23. The van der Waals surface area contributed by atoms with E-state index in [1.54, 1.807) is 0 Å². The lowest BCUT2D eigenvalue weighted by Crippen LogP contribution is -2.35. The van der Waals surface area contributed by atoms with Gasteiger partial charge in [-0.05, 0) is 47.6 Å². The fourth-order valence-corrected chi connectivity index (χ4v) is 4.38. The summed E-state index contributed by atoms with van der Waals surface area (Å²) < 4.78 is 0. The Balaban J connectivity index is 1.28. The van der Waals surface area contributed by atoms with Gasteiger partial charge in [0.15, 0.2) is 0 Å². The molecule has 0 radical (unpaired) electrons. The summed E-state index contributed by atoms with van der Waals surface area (Å²) in [6.45, 7) is 1.97. The number of hydrogen-bond acceptors (Lipinski definition) is 3. The van der Waals surface area contributed by atoms with Crippen LogP contribution in [-0.4, -0.2) is 42.4 Å². The Morgan fingerprint density at radius 3 is 2.69 bits per heavy atom. The molecule has 5 heteroatoms. The van der Waals surface area contributed by atoms with Gasteiger partial charge in [-0.3, -0.25) is 9.59 Å². The van der Waals surface area contributed by atoms with Crippen LogP contribution in [0.4, 0.5) is 0 Å². The number of benzene rings is 2. The molecule has 0 aromatic heterocycles. The van der Waals surface area contributed by atoms with Gasteiger partial charge in [-0.25, -0.2) is 0 Å². The molecule has 3 atom stereocenters. The molecule has 2 aliphatic rings. The van der Waals surface area contributed by atoms with E-state index in [4.69, 9.17) is 5.73 Å². The van der Waals surface area contributed by atoms with Gasteiger partial charge in [-0.1, -0.05) is 30.3 Å². The molecule has 136 valence electrons. The molecule has 1 heterocycles. The number of nitrogens with two attached hydrogens (primary N) is 1. The van der Waals surface area contributed by atoms with Gasteiger partial charge >= 0.3 is 0 Å². The molecular formula is C21H25N3O2. The van der Waals surface area contributed by atoms with Crippen LogP contribution in [0.1, 0.15) is 29.6 Å². The van der Waals surface area contributed by atoms with E-state index in [0.717, 1.165) is 36.7 Å². The molecule has 1 aliphatic heterocycles. The number of hydrogen-bond donors (Lipinski definition) is 2. The molecule has 2 fully saturated rings. The van der Waals surface area contributed by atoms with Crippen LogP contribution in [0.2, 0.25) is 0 Å². The van der Waals surface area contributed by atoms with E-state index in [0.29, 0.717) is 30.4 Å². The first kappa shape index (κ1) is 17.0. The first-order valence-electron chi connectivity index (χ1n) is 9.42. The molecule has 5 nitrogen and oxygen atoms in total. The summed E-state index contributed by atoms with van der Waals surface area (Å²) in [5.41, 5.74) is 6.75. The van der Waals surface area contributed by atoms with Gasteiger partial charge in [-0.2, -0.15) is 0 Å². The Morgan fingerprint density at radius 1 is 1.08 bits per heavy atom. The normalized spacial score (nSPS) is 24.7. The highest BCUT2D eigenvalue weighted by atomic mass is 16.2. The maximum Gasteiger partial charge on any atom is 0.251 e. The van der Waals surface area contributed by atoms with Crippen molar-refractivity contribution in [2.45, 2.75) is 25.3 Å². The molecule has 26 heavy (non-hydrogen) atoms. The lowest BCUT2D eigenvalue weighted by atomic mass is 9.98. The summed E-state index contributed by atoms with van der Waals surface area (Å²) in [7, 11) is 0. The zero-order valence-corrected chi connectivity index (χ0v) is 14.9. The summed E-state index contributed by atoms with van der Waals surface area (Å²) in [4.78, 5) is 26.7. The molecular weight excluding hydrogens is 326 g/mol. The zero-order chi connectivity index (χ0) is 18.1. The first-order valence-corrected chi connectivity index (χ1v) is 9.42. The zero-order valence-electron chi connectivity index (χ0n) is 14.9. The highest BCUT2D eigenvalue weighted by Crippen LogP contribution is 2.37. The van der Waals surface area contributed by atoms with E-state index in [9.17, 15) is 9.59 Å². The number of likely N-dealkylation sites (tertiary alicyclic amines) is 1. The minimum atomic E-state index is -0.135. The average molecular weight is 351 g/mol. The SMILES string of the molecule is NC1CCC2CN(C(=O)CCNC(=O)c3ccc4ccccc4c3)CC12. The monoisotopic (exact) mass is 351 g/mol. The quantitative estimate of drug-likeness (QED) is 0.886. The first-order chi connectivity index (χ1) is 12.6. The molecule has 0 bridgehead atoms. The fourth-order valence-electron chi connectivity index (χ4n) is 4.38. The van der Waals surface area contributed by atoms with Crippen LogP contribution in [0.25, 0.3) is 10.8 Å². The summed E-state index contributed by atoms with van der Waals surface area (Å²) in [5, 5.41) is 5.01. The van der Waals surface area contributed by atoms with Crippen molar-refractivity contribution < 1.29 is 9.59 Å². The van der Waals surface area contributed by atoms with Gasteiger partial charge in [-0.15, -0.1) is 0 Å². The van der Waals surface area contributed by atoms with E-state index < -0.39 is 0 Å². The van der Waals surface area contributed by atoms with Crippen LogP contribution >= 0.6 is 0 Å². The molecule has 1 aliphatic carbocycles. The van der Waals surface area contributed by atoms with E-state index in [-0.39, 0.29) is 17.9 Å². The lowest BCUT2D eigenvalue weighted by Gasteiger charge is -2.19. The van der Waals surface area contributed by atoms with Crippen molar-refractivity contribution in [2.75, 3.05) is 19.6 Å². The summed E-state index contributed by atoms with van der Waals surface area (Å²) in [5.74, 6) is 1.02. The predicted molar refractivity (Wildman–Crippen MR) is 102 cm³/mol. The van der Waals surface area contributed by atoms with Crippen molar-refractivity contribution >= 4 is 22.6 Å². The van der Waals surface area contributed by atoms with Crippen LogP contribution < -0.4 is 11.1 Å². The van der Waals surface area contributed by atoms with Crippen molar-refractivity contribution in [3.8, 4) is 0 Å². The number of nitrogens with zero attached hydrogens (tertiary/aromatic N) is 1. The van der Waals surface area contributed by atoms with E-state index >= 15 is 0 Å². The van der Waals surface area contributed by atoms with Crippen LogP contribution in [-0.2, 0) is 4.79 Å². The number of nitrogens with one attached hydrogen (secondary N) is 1. The Kier molecular flexibility index (Phi) is 4.64. The maximum absolute atomic E-state index is 12.4. The van der Waals surface area contributed by atoms with Crippen LogP contribution in [0.15, 0.2) is 42.5 Å². The second-order valence-electron chi connectivity index (χ2n) is 7.53. The Morgan fingerprint density at radius 2 is 1.88 bits per heavy atom. The molecule has 3 N–H and O–H groups in total. The van der Waals surface area contributed by atoms with Crippen LogP contribution in [0, 0.1) is 11.8 Å². The molecule has 3 unspecified atom stereocenters. The van der Waals surface area contributed by atoms with Gasteiger partial charge in [0.1, 0.15) is 0 Å². The smallest absolute Gasteiger partial charge is 0.251 e. The fraction of sp³-hybridized carbons (Fsp3) is 0.429. The lowest BCUT2D eigenvalue weighted by molar-refractivity contribution is -0.130. The van der Waals surface area contributed by atoms with Gasteiger partial charge in [0.25, 0.3) is 5.91 Å².